The Bertz CT molecular complexity index is 9550. The molecule has 0 bridgehead atoms. The molecular weight excluding hydrogens is 1810 g/mol. The molecule has 10 heteroatoms. The highest BCUT2D eigenvalue weighted by molar-refractivity contribution is 6.17. The molecule has 13 aromatic carbocycles. The Morgan fingerprint density at radius 3 is 1.09 bits per heavy atom. The van der Waals surface area contributed by atoms with Crippen molar-refractivity contribution in [1.29, 1.82) is 0 Å². The lowest BCUT2D eigenvalue weighted by atomic mass is 9.60. The Balaban J connectivity index is 0.000000106. The zero-order valence-corrected chi connectivity index (χ0v) is 94.8. The maximum atomic E-state index is 2.59. The molecule has 0 unspecified atom stereocenters. The van der Waals surface area contributed by atoms with E-state index in [1.54, 1.807) is 0 Å². The van der Waals surface area contributed by atoms with Gasteiger partial charge in [-0.05, 0) is 140 Å². The number of aromatic nitrogens is 10. The number of pyridine rings is 5. The average molecular weight is 1960 g/mol. The molecule has 754 valence electrons. The molecule has 0 fully saturated rings. The number of hydrogen-bond donors (Lipinski definition) is 0. The maximum absolute atomic E-state index is 2.59. The van der Waals surface area contributed by atoms with Gasteiger partial charge in [-0.2, -0.15) is 22.0 Å². The summed E-state index contributed by atoms with van der Waals surface area (Å²) < 4.78 is 24.8. The molecule has 0 spiro atoms. The van der Waals surface area contributed by atoms with Crippen LogP contribution in [-0.4, -0.2) is 22.5 Å². The molecule has 10 nitrogen and oxygen atoms in total. The van der Waals surface area contributed by atoms with Gasteiger partial charge in [-0.15, -0.1) is 0 Å². The molecule has 0 amide bonds. The van der Waals surface area contributed by atoms with Gasteiger partial charge in [0, 0.05) is 141 Å². The van der Waals surface area contributed by atoms with E-state index in [0.29, 0.717) is 23.7 Å². The highest BCUT2D eigenvalue weighted by atomic mass is 15.2. The normalized spacial score (nSPS) is 15.0. The summed E-state index contributed by atoms with van der Waals surface area (Å²) in [5.74, 6) is 2.27. The van der Waals surface area contributed by atoms with Gasteiger partial charge in [0.05, 0.1) is 62.2 Å². The van der Waals surface area contributed by atoms with E-state index < -0.39 is 0 Å². The predicted molar refractivity (Wildman–Crippen MR) is 630 cm³/mol. The number of fused-ring (bicyclic) bond motifs is 21. The first-order chi connectivity index (χ1) is 70.8. The van der Waals surface area contributed by atoms with Crippen LogP contribution in [0.15, 0.2) is 267 Å². The lowest BCUT2D eigenvalue weighted by Crippen LogP contribution is -2.51. The third-order valence-electron chi connectivity index (χ3n) is 37.2. The smallest absolute Gasteiger partial charge is 0.232 e. The standard InChI is InChI=1S/C32H37N2.C31H35N2.C29H29N2.C24H27N2.C23H25N2/c1-20(2)18-24-13-11-14-25(19-21(3)4)30(24)31-23(6)33(7)32-29-22(5)12-10-16-27(29)26-15-8-9-17-28(26)34(31)32;1-19(2)18-23-13-11-15-24(20(3)4)29(23)30-22(6)32(7)31-28-21(5)12-10-16-26(28)25-14-8-9-17-27(25)33(30)31;1-18-12-10-15-20-21-16-11-17-22-25(21)31-26(29(4,5)28(22,2)3)24(19-13-8-7-9-14-19)30(6)27(31)23(18)20;1-14-10-8-11-16-17-12-9-13-18-20(17)26-21(24(5,6)23(18,3)4)15(2)25(7)22(26)19(14)16;1-14-9-7-10-15-16-11-8-12-17-20(16)25-18(23(4,5)22(17,2)3)13-24(6)21(25)19(14)15/h8-17,20-21H,18-19H2,1-7H3;8-17,19-20H,18H2,1-7H3;7-17H,1-6H3;8-13H,1-7H3;7-13H,1-6H3/q5*+1. The highest BCUT2D eigenvalue weighted by Crippen LogP contribution is 2.57. The Labute approximate surface area is 881 Å². The monoisotopic (exact) mass is 1960 g/mol. The Morgan fingerprint density at radius 1 is 0.282 bits per heavy atom. The molecule has 0 radical (unpaired) electrons. The second-order valence-corrected chi connectivity index (χ2v) is 49.2. The van der Waals surface area contributed by atoms with Crippen molar-refractivity contribution in [3.63, 3.8) is 0 Å². The zero-order chi connectivity index (χ0) is 106. The van der Waals surface area contributed by atoms with Gasteiger partial charge < -0.3 is 0 Å². The molecule has 0 atom stereocenters. The molecule has 13 heterocycles. The minimum absolute atomic E-state index is 0.0121. The van der Waals surface area contributed by atoms with Crippen molar-refractivity contribution in [2.75, 3.05) is 0 Å². The number of para-hydroxylation sites is 5. The number of nitrogens with zero attached hydrogens (tertiary/aromatic N) is 10. The first-order valence-corrected chi connectivity index (χ1v) is 54.8. The molecule has 10 aromatic heterocycles. The van der Waals surface area contributed by atoms with Crippen molar-refractivity contribution in [3.05, 3.63) is 368 Å². The lowest BCUT2D eigenvalue weighted by Gasteiger charge is -2.43. The quantitative estimate of drug-likeness (QED) is 0.0968. The van der Waals surface area contributed by atoms with Crippen LogP contribution in [0.2, 0.25) is 0 Å². The minimum Gasteiger partial charge on any atom is -0.232 e. The van der Waals surface area contributed by atoms with Gasteiger partial charge in [0.15, 0.2) is 34.2 Å². The van der Waals surface area contributed by atoms with E-state index in [1.165, 1.54) is 271 Å². The van der Waals surface area contributed by atoms with Crippen LogP contribution >= 0.6 is 0 Å². The van der Waals surface area contributed by atoms with Crippen molar-refractivity contribution in [2.45, 2.75) is 252 Å². The molecule has 0 saturated carbocycles. The third-order valence-corrected chi connectivity index (χ3v) is 37.2. The van der Waals surface area contributed by atoms with Gasteiger partial charge in [0.2, 0.25) is 0 Å². The average Bonchev–Trinajstić information content (AvgIpc) is 1.54. The molecular formula is C139H153N10+5. The molecule has 0 aliphatic carbocycles. The van der Waals surface area contributed by atoms with Crippen molar-refractivity contribution in [3.8, 4) is 33.8 Å². The summed E-state index contributed by atoms with van der Waals surface area (Å²) >= 11 is 0. The Hall–Kier alpha value is -14.1. The number of aryl methyl sites for hydroxylation is 10. The fourth-order valence-electron chi connectivity index (χ4n) is 27.6. The topological polar surface area (TPSA) is 43.7 Å². The molecule has 23 aromatic rings. The van der Waals surface area contributed by atoms with Crippen molar-refractivity contribution >= 4 is 137 Å². The first-order valence-electron chi connectivity index (χ1n) is 54.8. The second-order valence-electron chi connectivity index (χ2n) is 49.2. The van der Waals surface area contributed by atoms with Gasteiger partial charge in [0.25, 0.3) is 28.2 Å². The fraction of sp³-hybridized carbons (Fsp3) is 0.331. The molecule has 149 heavy (non-hydrogen) atoms. The van der Waals surface area contributed by atoms with Gasteiger partial charge in [-0.3, -0.25) is 0 Å². The van der Waals surface area contributed by atoms with Gasteiger partial charge in [-0.25, -0.2) is 22.8 Å². The van der Waals surface area contributed by atoms with Crippen LogP contribution in [0.3, 0.4) is 0 Å². The summed E-state index contributed by atoms with van der Waals surface area (Å²) in [4.78, 5) is 0. The first kappa shape index (κ1) is 99.5. The number of rotatable bonds is 10. The molecule has 26 rings (SSSR count). The molecule has 3 aliphatic heterocycles. The van der Waals surface area contributed by atoms with Crippen LogP contribution in [-0.2, 0) is 87.0 Å². The summed E-state index contributed by atoms with van der Waals surface area (Å²) in [6.45, 7) is 65.5. The van der Waals surface area contributed by atoms with Crippen LogP contribution in [0.25, 0.3) is 170 Å². The number of hydrogen-bond acceptors (Lipinski definition) is 0. The van der Waals surface area contributed by atoms with E-state index in [9.17, 15) is 0 Å². The summed E-state index contributed by atoms with van der Waals surface area (Å²) in [7, 11) is 11.1. The number of imidazole rings is 5. The van der Waals surface area contributed by atoms with Crippen molar-refractivity contribution in [1.82, 2.24) is 22.5 Å². The van der Waals surface area contributed by atoms with Gasteiger partial charge >= 0.3 is 0 Å². The van der Waals surface area contributed by atoms with Crippen molar-refractivity contribution in [2.24, 2.45) is 53.0 Å². The van der Waals surface area contributed by atoms with Crippen LogP contribution in [0, 0.1) is 73.1 Å². The van der Waals surface area contributed by atoms with Crippen LogP contribution in [0.5, 0.6) is 0 Å². The summed E-state index contributed by atoms with van der Waals surface area (Å²) in [5.41, 5.74) is 46.6. The summed E-state index contributed by atoms with van der Waals surface area (Å²) in [6, 6.07) is 96.8. The van der Waals surface area contributed by atoms with Gasteiger partial charge in [-0.1, -0.05) is 387 Å². The molecule has 0 N–H and O–H groups in total. The SMILES string of the molecule is Cc1cccc2c3cccc4c3[n+]3c(c(C)n(C)c3c12)C(C)(C)C4(C)C.Cc1cccc2c3cccc4c3n3c(c(-c5ccccc5)[n+](C)c3c12)C(C)(C)C4(C)C.Cc1cccc2c3cccc4c3n3c(c[n+](C)c3c12)C(C)(C)C4(C)C.Cc1cccc2c3ccccc3[n+]3c(-c4c(CC(C)C)cccc4C(C)C)c(C)n(C)c3c12.Cc1cccc2c3ccccc3[n+]3c(-c4c(CC(C)C)cccc4CC(C)C)c(C)n(C)c3c12. The second kappa shape index (κ2) is 35.6. The summed E-state index contributed by atoms with van der Waals surface area (Å²) in [6.07, 6.45) is 5.60. The van der Waals surface area contributed by atoms with Gasteiger partial charge in [0.1, 0.15) is 50.9 Å². The zero-order valence-electron chi connectivity index (χ0n) is 94.8. The van der Waals surface area contributed by atoms with Crippen LogP contribution in [0.1, 0.15) is 245 Å². The molecule has 0 saturated heterocycles. The lowest BCUT2D eigenvalue weighted by molar-refractivity contribution is -0.643. The fourth-order valence-corrected chi connectivity index (χ4v) is 27.6. The van der Waals surface area contributed by atoms with E-state index in [4.69, 9.17) is 0 Å². The van der Waals surface area contributed by atoms with Crippen molar-refractivity contribution < 1.29 is 22.3 Å². The summed E-state index contributed by atoms with van der Waals surface area (Å²) in [5, 5.41) is 20.3. The Morgan fingerprint density at radius 2 is 0.624 bits per heavy atom. The third kappa shape index (κ3) is 14.4. The molecule has 3 aliphatic rings. The largest absolute Gasteiger partial charge is 0.295 e. The minimum atomic E-state index is -0.0556. The van der Waals surface area contributed by atoms with E-state index in [0.717, 1.165) is 19.3 Å². The van der Waals surface area contributed by atoms with E-state index in [1.807, 2.05) is 0 Å². The van der Waals surface area contributed by atoms with E-state index in [2.05, 4.69) is 541 Å². The van der Waals surface area contributed by atoms with E-state index >= 15 is 0 Å². The van der Waals surface area contributed by atoms with Crippen LogP contribution < -0.4 is 22.3 Å². The predicted octanol–water partition coefficient (Wildman–Crippen LogP) is 32.2. The maximum Gasteiger partial charge on any atom is 0.295 e. The van der Waals surface area contributed by atoms with E-state index in [-0.39, 0.29) is 32.5 Å². The Kier molecular flexibility index (Phi) is 23.8. The highest BCUT2D eigenvalue weighted by Gasteiger charge is 2.56. The number of benzene rings is 13. The van der Waals surface area contributed by atoms with Crippen LogP contribution in [0.4, 0.5) is 0 Å².